The van der Waals surface area contributed by atoms with Crippen LogP contribution in [0.3, 0.4) is 0 Å². The normalized spacial score (nSPS) is 20.9. The summed E-state index contributed by atoms with van der Waals surface area (Å²) in [7, 11) is 0. The summed E-state index contributed by atoms with van der Waals surface area (Å²) in [5, 5.41) is 3.50. The summed E-state index contributed by atoms with van der Waals surface area (Å²) in [6, 6.07) is 8.96. The molecule has 1 aliphatic rings. The fourth-order valence-corrected chi connectivity index (χ4v) is 2.05. The predicted molar refractivity (Wildman–Crippen MR) is 62.2 cm³/mol. The summed E-state index contributed by atoms with van der Waals surface area (Å²) in [6.45, 7) is 5.25. The Hall–Kier alpha value is -1.02. The molecule has 1 aliphatic heterocycles. The Labute approximate surface area is 91.6 Å². The van der Waals surface area contributed by atoms with Crippen molar-refractivity contribution < 1.29 is 4.74 Å². The smallest absolute Gasteiger partial charge is 0.120 e. The number of ether oxygens (including phenoxy) is 1. The number of hydrogen-bond acceptors (Lipinski definition) is 2. The Morgan fingerprint density at radius 3 is 2.93 bits per heavy atom. The van der Waals surface area contributed by atoms with Crippen molar-refractivity contribution in [2.24, 2.45) is 0 Å². The number of rotatable bonds is 3. The topological polar surface area (TPSA) is 21.3 Å². The van der Waals surface area contributed by atoms with Gasteiger partial charge in [0.25, 0.3) is 0 Å². The lowest BCUT2D eigenvalue weighted by molar-refractivity contribution is 0.242. The second-order valence-electron chi connectivity index (χ2n) is 4.39. The Balaban J connectivity index is 2.11. The van der Waals surface area contributed by atoms with E-state index in [1.807, 2.05) is 6.07 Å². The van der Waals surface area contributed by atoms with Crippen LogP contribution in [0.1, 0.15) is 38.3 Å². The third-order valence-corrected chi connectivity index (χ3v) is 2.69. The van der Waals surface area contributed by atoms with Crippen LogP contribution >= 0.6 is 0 Å². The van der Waals surface area contributed by atoms with Crippen LogP contribution < -0.4 is 10.1 Å². The minimum absolute atomic E-state index is 0.247. The summed E-state index contributed by atoms with van der Waals surface area (Å²) < 4.78 is 5.69. The van der Waals surface area contributed by atoms with Gasteiger partial charge in [-0.2, -0.15) is 0 Å². The van der Waals surface area contributed by atoms with Crippen molar-refractivity contribution in [1.82, 2.24) is 5.32 Å². The highest BCUT2D eigenvalue weighted by molar-refractivity contribution is 5.31. The minimum atomic E-state index is 0.247. The molecule has 0 unspecified atom stereocenters. The Kier molecular flexibility index (Phi) is 3.27. The summed E-state index contributed by atoms with van der Waals surface area (Å²) in [5.74, 6) is 0.983. The quantitative estimate of drug-likeness (QED) is 0.819. The first-order valence-electron chi connectivity index (χ1n) is 5.76. The summed E-state index contributed by atoms with van der Waals surface area (Å²) in [6.07, 6.45) is 2.77. The van der Waals surface area contributed by atoms with E-state index in [1.165, 1.54) is 18.4 Å². The monoisotopic (exact) mass is 205 g/mol. The largest absolute Gasteiger partial charge is 0.491 e. The maximum Gasteiger partial charge on any atom is 0.120 e. The van der Waals surface area contributed by atoms with Crippen LogP contribution in [0.5, 0.6) is 5.75 Å². The van der Waals surface area contributed by atoms with Gasteiger partial charge in [0.2, 0.25) is 0 Å². The maximum atomic E-state index is 5.69. The predicted octanol–water partition coefficient (Wildman–Crippen LogP) is 2.90. The van der Waals surface area contributed by atoms with Crippen LogP contribution in [0.2, 0.25) is 0 Å². The fraction of sp³-hybridized carbons (Fsp3) is 0.538. The van der Waals surface area contributed by atoms with E-state index in [4.69, 9.17) is 4.74 Å². The van der Waals surface area contributed by atoms with E-state index < -0.39 is 0 Å². The molecule has 0 radical (unpaired) electrons. The molecule has 1 heterocycles. The molecule has 1 aromatic rings. The van der Waals surface area contributed by atoms with Crippen LogP contribution in [0.4, 0.5) is 0 Å². The van der Waals surface area contributed by atoms with Gasteiger partial charge < -0.3 is 10.1 Å². The zero-order chi connectivity index (χ0) is 10.7. The van der Waals surface area contributed by atoms with Gasteiger partial charge in [0.1, 0.15) is 5.75 Å². The molecule has 0 amide bonds. The molecule has 0 spiro atoms. The van der Waals surface area contributed by atoms with Crippen molar-refractivity contribution in [3.05, 3.63) is 29.8 Å². The second kappa shape index (κ2) is 4.67. The molecule has 2 nitrogen and oxygen atoms in total. The van der Waals surface area contributed by atoms with Crippen molar-refractivity contribution in [3.8, 4) is 5.75 Å². The first-order valence-corrected chi connectivity index (χ1v) is 5.76. The molecular formula is C13H19NO. The molecule has 1 N–H and O–H groups in total. The zero-order valence-corrected chi connectivity index (χ0v) is 9.49. The van der Waals surface area contributed by atoms with Crippen LogP contribution in [0.25, 0.3) is 0 Å². The van der Waals surface area contributed by atoms with Gasteiger partial charge in [0, 0.05) is 6.04 Å². The highest BCUT2D eigenvalue weighted by Crippen LogP contribution is 2.26. The van der Waals surface area contributed by atoms with Crippen LogP contribution in [-0.2, 0) is 0 Å². The molecule has 0 saturated carbocycles. The fourth-order valence-electron chi connectivity index (χ4n) is 2.05. The molecule has 0 aromatic heterocycles. The zero-order valence-electron chi connectivity index (χ0n) is 9.49. The lowest BCUT2D eigenvalue weighted by Crippen LogP contribution is -2.13. The Morgan fingerprint density at radius 1 is 1.40 bits per heavy atom. The molecule has 1 atom stereocenters. The maximum absolute atomic E-state index is 5.69. The molecule has 2 rings (SSSR count). The van der Waals surface area contributed by atoms with Gasteiger partial charge in [-0.15, -0.1) is 0 Å². The summed E-state index contributed by atoms with van der Waals surface area (Å²) in [4.78, 5) is 0. The summed E-state index contributed by atoms with van der Waals surface area (Å²) in [5.41, 5.74) is 1.35. The molecule has 82 valence electrons. The van der Waals surface area contributed by atoms with Crippen LogP contribution in [0.15, 0.2) is 24.3 Å². The van der Waals surface area contributed by atoms with Gasteiger partial charge in [-0.3, -0.25) is 0 Å². The van der Waals surface area contributed by atoms with E-state index in [0.717, 1.165) is 12.3 Å². The lowest BCUT2D eigenvalue weighted by atomic mass is 10.1. The highest BCUT2D eigenvalue weighted by atomic mass is 16.5. The average molecular weight is 205 g/mol. The molecule has 0 aliphatic carbocycles. The minimum Gasteiger partial charge on any atom is -0.491 e. The first-order chi connectivity index (χ1) is 7.25. The van der Waals surface area contributed by atoms with Crippen molar-refractivity contribution in [2.45, 2.75) is 38.8 Å². The highest BCUT2D eigenvalue weighted by Gasteiger charge is 2.16. The lowest BCUT2D eigenvalue weighted by Gasteiger charge is -2.14. The van der Waals surface area contributed by atoms with E-state index in [-0.39, 0.29) is 6.10 Å². The van der Waals surface area contributed by atoms with Crippen molar-refractivity contribution in [1.29, 1.82) is 0 Å². The Bertz CT molecular complexity index is 316. The Morgan fingerprint density at radius 2 is 2.27 bits per heavy atom. The summed E-state index contributed by atoms with van der Waals surface area (Å²) >= 11 is 0. The number of nitrogens with one attached hydrogen (secondary N) is 1. The second-order valence-corrected chi connectivity index (χ2v) is 4.39. The third kappa shape index (κ3) is 2.72. The van der Waals surface area contributed by atoms with Gasteiger partial charge in [0.05, 0.1) is 6.10 Å². The van der Waals surface area contributed by atoms with E-state index in [0.29, 0.717) is 6.04 Å². The van der Waals surface area contributed by atoms with E-state index in [2.05, 4.69) is 37.4 Å². The van der Waals surface area contributed by atoms with Gasteiger partial charge in [-0.1, -0.05) is 12.1 Å². The third-order valence-electron chi connectivity index (χ3n) is 2.69. The SMILES string of the molecule is CC(C)Oc1cccc([C@H]2CCCN2)c1. The first kappa shape index (κ1) is 10.5. The molecule has 2 heteroatoms. The standard InChI is InChI=1S/C13H19NO/c1-10(2)15-12-6-3-5-11(9-12)13-7-4-8-14-13/h3,5-6,9-10,13-14H,4,7-8H2,1-2H3/t13-/m1/s1. The van der Waals surface area contributed by atoms with Crippen molar-refractivity contribution >= 4 is 0 Å². The molecule has 0 bridgehead atoms. The van der Waals surface area contributed by atoms with Crippen LogP contribution in [-0.4, -0.2) is 12.6 Å². The van der Waals surface area contributed by atoms with Gasteiger partial charge in [-0.05, 0) is 50.9 Å². The van der Waals surface area contributed by atoms with Gasteiger partial charge in [0.15, 0.2) is 0 Å². The van der Waals surface area contributed by atoms with Crippen molar-refractivity contribution in [2.75, 3.05) is 6.54 Å². The average Bonchev–Trinajstić information content (AvgIpc) is 2.69. The van der Waals surface area contributed by atoms with E-state index >= 15 is 0 Å². The molecule has 1 saturated heterocycles. The molecular weight excluding hydrogens is 186 g/mol. The molecule has 1 aromatic carbocycles. The van der Waals surface area contributed by atoms with E-state index in [1.54, 1.807) is 0 Å². The molecule has 1 fully saturated rings. The van der Waals surface area contributed by atoms with Crippen LogP contribution in [0, 0.1) is 0 Å². The molecule has 15 heavy (non-hydrogen) atoms. The van der Waals surface area contributed by atoms with Gasteiger partial charge >= 0.3 is 0 Å². The van der Waals surface area contributed by atoms with E-state index in [9.17, 15) is 0 Å². The number of benzene rings is 1. The van der Waals surface area contributed by atoms with Crippen molar-refractivity contribution in [3.63, 3.8) is 0 Å². The van der Waals surface area contributed by atoms with Gasteiger partial charge in [-0.25, -0.2) is 0 Å². The number of hydrogen-bond donors (Lipinski definition) is 1.